The number of nitrogens with zero attached hydrogens (tertiary/aromatic N) is 3. The van der Waals surface area contributed by atoms with E-state index in [4.69, 9.17) is 11.6 Å². The van der Waals surface area contributed by atoms with Crippen molar-refractivity contribution in [2.75, 3.05) is 11.1 Å². The number of anilines is 1. The van der Waals surface area contributed by atoms with Crippen LogP contribution in [0.1, 0.15) is 11.5 Å². The molecule has 1 aliphatic rings. The monoisotopic (exact) mass is 479 g/mol. The van der Waals surface area contributed by atoms with E-state index in [1.165, 1.54) is 11.3 Å². The summed E-state index contributed by atoms with van der Waals surface area (Å²) in [5, 5.41) is 25.8. The summed E-state index contributed by atoms with van der Waals surface area (Å²) in [6, 6.07) is 18.4. The molecule has 1 aromatic heterocycles. The summed E-state index contributed by atoms with van der Waals surface area (Å²) in [5.41, 5.74) is 1.51. The van der Waals surface area contributed by atoms with Gasteiger partial charge in [0.1, 0.15) is 5.92 Å². The summed E-state index contributed by atoms with van der Waals surface area (Å²) in [7, 11) is 0. The fourth-order valence-corrected chi connectivity index (χ4v) is 5.35. The molecule has 0 saturated heterocycles. The highest BCUT2D eigenvalue weighted by Gasteiger charge is 2.40. The van der Waals surface area contributed by atoms with Gasteiger partial charge in [0.05, 0.1) is 38.7 Å². The van der Waals surface area contributed by atoms with Crippen molar-refractivity contribution < 1.29 is 9.59 Å². The zero-order valence-electron chi connectivity index (χ0n) is 16.3. The average molecular weight is 480 g/mol. The molecule has 2 aromatic carbocycles. The molecule has 0 bridgehead atoms. The van der Waals surface area contributed by atoms with Crippen LogP contribution in [0.5, 0.6) is 0 Å². The fraction of sp³-hybridized carbons (Fsp3) is 0.136. The van der Waals surface area contributed by atoms with Crippen LogP contribution in [0.25, 0.3) is 10.2 Å². The van der Waals surface area contributed by atoms with Gasteiger partial charge in [-0.1, -0.05) is 65.0 Å². The van der Waals surface area contributed by atoms with Gasteiger partial charge in [-0.15, -0.1) is 0 Å². The van der Waals surface area contributed by atoms with Gasteiger partial charge < -0.3 is 10.6 Å². The van der Waals surface area contributed by atoms with Crippen molar-refractivity contribution in [3.05, 3.63) is 69.7 Å². The van der Waals surface area contributed by atoms with E-state index in [0.717, 1.165) is 22.0 Å². The first kappa shape index (κ1) is 21.8. The maximum Gasteiger partial charge on any atom is 0.243 e. The molecule has 0 spiro atoms. The average Bonchev–Trinajstić information content (AvgIpc) is 3.19. The third-order valence-electron chi connectivity index (χ3n) is 4.80. The van der Waals surface area contributed by atoms with Gasteiger partial charge >= 0.3 is 0 Å². The standard InChI is InChI=1S/C22H14ClN5O2S2/c23-15-6-2-1-5-12(15)19-13(9-24)20(30)28-21(14(19)10-25)31-11-18(29)27-22-26-16-7-3-4-8-17(16)32-22/h1-8,13,19H,11H2,(H,28,30)(H,26,27,29). The van der Waals surface area contributed by atoms with Gasteiger partial charge in [-0.25, -0.2) is 4.98 Å². The molecule has 1 aliphatic heterocycles. The molecule has 2 unspecified atom stereocenters. The number of carbonyl (C=O) groups is 2. The number of thioether (sulfide) groups is 1. The predicted octanol–water partition coefficient (Wildman–Crippen LogP) is 4.41. The topological polar surface area (TPSA) is 119 Å². The molecule has 4 rings (SSSR count). The minimum atomic E-state index is -1.11. The molecule has 0 fully saturated rings. The van der Waals surface area contributed by atoms with Crippen LogP contribution in [0.4, 0.5) is 5.13 Å². The summed E-state index contributed by atoms with van der Waals surface area (Å²) < 4.78 is 0.953. The number of allylic oxidation sites excluding steroid dienone is 1. The second-order valence-corrected chi connectivity index (χ2v) is 9.20. The lowest BCUT2D eigenvalue weighted by atomic mass is 9.79. The van der Waals surface area contributed by atoms with Crippen LogP contribution in [-0.2, 0) is 9.59 Å². The summed E-state index contributed by atoms with van der Waals surface area (Å²) >= 11 is 8.68. The lowest BCUT2D eigenvalue weighted by molar-refractivity contribution is -0.123. The SMILES string of the molecule is N#CC1=C(SCC(=O)Nc2nc3ccccc3s2)NC(=O)C(C#N)C1c1ccccc1Cl. The Hall–Kier alpha value is -3.37. The number of benzene rings is 2. The Bertz CT molecular complexity index is 1300. The minimum absolute atomic E-state index is 0.0524. The van der Waals surface area contributed by atoms with E-state index in [2.05, 4.69) is 21.7 Å². The first-order valence-electron chi connectivity index (χ1n) is 9.39. The number of amides is 2. The lowest BCUT2D eigenvalue weighted by Gasteiger charge is -2.29. The Labute approximate surface area is 196 Å². The third kappa shape index (κ3) is 4.32. The molecule has 2 N–H and O–H groups in total. The van der Waals surface area contributed by atoms with Crippen molar-refractivity contribution in [1.29, 1.82) is 10.5 Å². The maximum absolute atomic E-state index is 12.6. The number of fused-ring (bicyclic) bond motifs is 1. The van der Waals surface area contributed by atoms with Crippen LogP contribution in [0.15, 0.2) is 59.1 Å². The summed E-state index contributed by atoms with van der Waals surface area (Å²) in [6.45, 7) is 0. The normalized spacial score (nSPS) is 18.0. The number of halogens is 1. The van der Waals surface area contributed by atoms with Crippen LogP contribution in [0.3, 0.4) is 0 Å². The molecule has 10 heteroatoms. The predicted molar refractivity (Wildman–Crippen MR) is 125 cm³/mol. The van der Waals surface area contributed by atoms with Crippen molar-refractivity contribution in [3.8, 4) is 12.1 Å². The number of para-hydroxylation sites is 1. The van der Waals surface area contributed by atoms with Crippen LogP contribution < -0.4 is 10.6 Å². The fourth-order valence-electron chi connectivity index (χ4n) is 3.36. The van der Waals surface area contributed by atoms with Crippen molar-refractivity contribution in [2.45, 2.75) is 5.92 Å². The van der Waals surface area contributed by atoms with Gasteiger partial charge in [0, 0.05) is 10.9 Å². The van der Waals surface area contributed by atoms with Gasteiger partial charge in [0.15, 0.2) is 5.13 Å². The van der Waals surface area contributed by atoms with E-state index in [-0.39, 0.29) is 22.3 Å². The molecule has 0 radical (unpaired) electrons. The molecular weight excluding hydrogens is 466 g/mol. The molecule has 2 amide bonds. The molecular formula is C22H14ClN5O2S2. The first-order chi connectivity index (χ1) is 15.5. The number of hydrogen-bond donors (Lipinski definition) is 2. The first-order valence-corrected chi connectivity index (χ1v) is 11.6. The molecule has 7 nitrogen and oxygen atoms in total. The smallest absolute Gasteiger partial charge is 0.243 e. The van der Waals surface area contributed by atoms with Gasteiger partial charge in [0.25, 0.3) is 0 Å². The molecule has 2 heterocycles. The highest BCUT2D eigenvalue weighted by molar-refractivity contribution is 8.03. The zero-order valence-corrected chi connectivity index (χ0v) is 18.7. The van der Waals surface area contributed by atoms with Gasteiger partial charge in [-0.2, -0.15) is 10.5 Å². The highest BCUT2D eigenvalue weighted by Crippen LogP contribution is 2.41. The van der Waals surface area contributed by atoms with Crippen LogP contribution in [0.2, 0.25) is 5.02 Å². The molecule has 32 heavy (non-hydrogen) atoms. The summed E-state index contributed by atoms with van der Waals surface area (Å²) in [6.07, 6.45) is 0. The Kier molecular flexibility index (Phi) is 6.42. The van der Waals surface area contributed by atoms with Gasteiger partial charge in [-0.3, -0.25) is 9.59 Å². The van der Waals surface area contributed by atoms with E-state index in [9.17, 15) is 20.1 Å². The van der Waals surface area contributed by atoms with E-state index >= 15 is 0 Å². The van der Waals surface area contributed by atoms with Gasteiger partial charge in [0.2, 0.25) is 11.8 Å². The van der Waals surface area contributed by atoms with E-state index < -0.39 is 17.7 Å². The molecule has 2 atom stereocenters. The van der Waals surface area contributed by atoms with Crippen LogP contribution >= 0.6 is 34.7 Å². The van der Waals surface area contributed by atoms with E-state index in [0.29, 0.717) is 15.7 Å². The summed E-state index contributed by atoms with van der Waals surface area (Å²) in [5.74, 6) is -2.84. The third-order valence-corrected chi connectivity index (χ3v) is 7.11. The Morgan fingerprint density at radius 3 is 2.69 bits per heavy atom. The van der Waals surface area contributed by atoms with E-state index in [1.807, 2.05) is 30.3 Å². The van der Waals surface area contributed by atoms with Crippen molar-refractivity contribution >= 4 is 61.9 Å². The van der Waals surface area contributed by atoms with Crippen LogP contribution in [0, 0.1) is 28.6 Å². The number of aromatic nitrogens is 1. The second-order valence-electron chi connectivity index (χ2n) is 6.77. The Morgan fingerprint density at radius 1 is 1.22 bits per heavy atom. The molecule has 158 valence electrons. The maximum atomic E-state index is 12.6. The van der Waals surface area contributed by atoms with Crippen LogP contribution in [-0.4, -0.2) is 22.6 Å². The Balaban J connectivity index is 1.56. The number of nitriles is 2. The molecule has 3 aromatic rings. The quantitative estimate of drug-likeness (QED) is 0.559. The van der Waals surface area contributed by atoms with E-state index in [1.54, 1.807) is 24.3 Å². The molecule has 0 saturated carbocycles. The zero-order chi connectivity index (χ0) is 22.7. The number of hydrogen-bond acceptors (Lipinski definition) is 7. The molecule has 0 aliphatic carbocycles. The number of carbonyl (C=O) groups excluding carboxylic acids is 2. The highest BCUT2D eigenvalue weighted by atomic mass is 35.5. The number of thiazole rings is 1. The second kappa shape index (κ2) is 9.41. The minimum Gasteiger partial charge on any atom is -0.319 e. The largest absolute Gasteiger partial charge is 0.319 e. The lowest BCUT2D eigenvalue weighted by Crippen LogP contribution is -2.39. The summed E-state index contributed by atoms with van der Waals surface area (Å²) in [4.78, 5) is 29.4. The van der Waals surface area contributed by atoms with Crippen molar-refractivity contribution in [2.24, 2.45) is 5.92 Å². The number of nitrogens with one attached hydrogen (secondary N) is 2. The number of rotatable bonds is 5. The van der Waals surface area contributed by atoms with Crippen molar-refractivity contribution in [1.82, 2.24) is 10.3 Å². The van der Waals surface area contributed by atoms with Gasteiger partial charge in [-0.05, 0) is 23.8 Å². The Morgan fingerprint density at radius 2 is 1.97 bits per heavy atom. The van der Waals surface area contributed by atoms with Crippen molar-refractivity contribution in [3.63, 3.8) is 0 Å².